The lowest BCUT2D eigenvalue weighted by Crippen LogP contribution is -2.43. The van der Waals surface area contributed by atoms with E-state index in [0.29, 0.717) is 31.1 Å². The van der Waals surface area contributed by atoms with Crippen molar-refractivity contribution in [2.24, 2.45) is 0 Å². The molecule has 5 nitrogen and oxygen atoms in total. The molecule has 1 aliphatic heterocycles. The second-order valence-corrected chi connectivity index (χ2v) is 4.24. The van der Waals surface area contributed by atoms with Gasteiger partial charge >= 0.3 is 0 Å². The van der Waals surface area contributed by atoms with Gasteiger partial charge in [0.15, 0.2) is 0 Å². The van der Waals surface area contributed by atoms with Crippen LogP contribution in [-0.4, -0.2) is 34.9 Å². The molecule has 0 saturated carbocycles. The summed E-state index contributed by atoms with van der Waals surface area (Å²) in [4.78, 5) is 4.08. The van der Waals surface area contributed by atoms with Gasteiger partial charge in [0, 0.05) is 19.6 Å². The number of pyridine rings is 1. The summed E-state index contributed by atoms with van der Waals surface area (Å²) in [6, 6.07) is 7.14. The number of nitrogens with zero attached hydrogens (tertiary/aromatic N) is 2. The zero-order chi connectivity index (χ0) is 12.3. The van der Waals surface area contributed by atoms with Gasteiger partial charge in [-0.25, -0.2) is 4.98 Å². The molecule has 1 fully saturated rings. The first-order valence-electron chi connectivity index (χ1n) is 5.59. The van der Waals surface area contributed by atoms with E-state index < -0.39 is 5.60 Å². The highest BCUT2D eigenvalue weighted by Crippen LogP contribution is 2.25. The lowest BCUT2D eigenvalue weighted by Gasteiger charge is -2.26. The normalized spacial score (nSPS) is 27.7. The van der Waals surface area contributed by atoms with Crippen molar-refractivity contribution >= 4 is 5.82 Å². The fraction of sp³-hybridized carbons (Fsp3) is 0.500. The number of nitrogens with one attached hydrogen (secondary N) is 1. The van der Waals surface area contributed by atoms with Gasteiger partial charge in [-0.2, -0.15) is 5.26 Å². The van der Waals surface area contributed by atoms with Crippen molar-refractivity contribution in [2.75, 3.05) is 18.5 Å². The predicted molar refractivity (Wildman–Crippen MR) is 62.4 cm³/mol. The van der Waals surface area contributed by atoms with E-state index in [1.807, 2.05) is 13.0 Å². The lowest BCUT2D eigenvalue weighted by atomic mass is 9.97. The molecule has 0 spiro atoms. The molecule has 0 aliphatic carbocycles. The van der Waals surface area contributed by atoms with Crippen molar-refractivity contribution in [3.05, 3.63) is 23.9 Å². The Morgan fingerprint density at radius 2 is 2.53 bits per heavy atom. The van der Waals surface area contributed by atoms with Gasteiger partial charge < -0.3 is 15.2 Å². The summed E-state index contributed by atoms with van der Waals surface area (Å²) in [6.45, 7) is 2.80. The van der Waals surface area contributed by atoms with Crippen LogP contribution in [0.4, 0.5) is 5.82 Å². The summed E-state index contributed by atoms with van der Waals surface area (Å²) < 4.78 is 5.34. The molecule has 1 saturated heterocycles. The third-order valence-electron chi connectivity index (χ3n) is 3.10. The van der Waals surface area contributed by atoms with Gasteiger partial charge in [-0.3, -0.25) is 0 Å². The monoisotopic (exact) mass is 233 g/mol. The zero-order valence-electron chi connectivity index (χ0n) is 9.68. The minimum absolute atomic E-state index is 0.186. The smallest absolute Gasteiger partial charge is 0.142 e. The molecule has 0 aromatic carbocycles. The van der Waals surface area contributed by atoms with E-state index in [4.69, 9.17) is 10.00 Å². The molecule has 2 heterocycles. The number of aromatic nitrogens is 1. The van der Waals surface area contributed by atoms with Crippen molar-refractivity contribution in [1.29, 1.82) is 5.26 Å². The molecule has 1 aliphatic rings. The van der Waals surface area contributed by atoms with Crippen LogP contribution in [0.3, 0.4) is 0 Å². The maximum Gasteiger partial charge on any atom is 0.142 e. The van der Waals surface area contributed by atoms with Gasteiger partial charge in [0.25, 0.3) is 0 Å². The minimum atomic E-state index is -0.857. The Bertz CT molecular complexity index is 444. The summed E-state index contributed by atoms with van der Waals surface area (Å²) in [5.74, 6) is 0.594. The third kappa shape index (κ3) is 2.54. The van der Waals surface area contributed by atoms with Crippen LogP contribution in [0.1, 0.15) is 19.0 Å². The molecule has 2 atom stereocenters. The van der Waals surface area contributed by atoms with Crippen molar-refractivity contribution in [2.45, 2.75) is 25.0 Å². The quantitative estimate of drug-likeness (QED) is 0.811. The van der Waals surface area contributed by atoms with Crippen LogP contribution >= 0.6 is 0 Å². The molecular weight excluding hydrogens is 218 g/mol. The maximum atomic E-state index is 10.3. The number of aliphatic hydroxyl groups is 1. The van der Waals surface area contributed by atoms with Gasteiger partial charge in [0.1, 0.15) is 23.2 Å². The molecule has 2 unspecified atom stereocenters. The van der Waals surface area contributed by atoms with Gasteiger partial charge in [0.05, 0.1) is 6.10 Å². The SMILES string of the molecule is CC1OCCC1(O)CNc1cccc(C#N)n1. The van der Waals surface area contributed by atoms with E-state index in [0.717, 1.165) is 0 Å². The first-order valence-corrected chi connectivity index (χ1v) is 5.59. The molecule has 2 rings (SSSR count). The largest absolute Gasteiger partial charge is 0.385 e. The average Bonchev–Trinajstić information content (AvgIpc) is 2.68. The van der Waals surface area contributed by atoms with Crippen LogP contribution in [0.2, 0.25) is 0 Å². The van der Waals surface area contributed by atoms with Gasteiger partial charge in [-0.15, -0.1) is 0 Å². The Labute approximate surface area is 100 Å². The Kier molecular flexibility index (Phi) is 3.27. The summed E-state index contributed by atoms with van der Waals surface area (Å²) >= 11 is 0. The molecule has 5 heteroatoms. The highest BCUT2D eigenvalue weighted by atomic mass is 16.5. The molecule has 1 aromatic heterocycles. The second-order valence-electron chi connectivity index (χ2n) is 4.24. The van der Waals surface area contributed by atoms with Gasteiger partial charge in [-0.05, 0) is 19.1 Å². The number of anilines is 1. The Balaban J connectivity index is 2.00. The molecule has 1 aromatic rings. The van der Waals surface area contributed by atoms with Crippen LogP contribution in [-0.2, 0) is 4.74 Å². The first kappa shape index (κ1) is 11.8. The summed E-state index contributed by atoms with van der Waals surface area (Å²) in [5.41, 5.74) is -0.498. The van der Waals surface area contributed by atoms with Crippen LogP contribution in [0, 0.1) is 11.3 Å². The van der Waals surface area contributed by atoms with E-state index in [2.05, 4.69) is 10.3 Å². The van der Waals surface area contributed by atoms with Crippen molar-refractivity contribution in [3.63, 3.8) is 0 Å². The third-order valence-corrected chi connectivity index (χ3v) is 3.10. The predicted octanol–water partition coefficient (Wildman–Crippen LogP) is 0.905. The second kappa shape index (κ2) is 4.70. The van der Waals surface area contributed by atoms with Gasteiger partial charge in [-0.1, -0.05) is 6.07 Å². The van der Waals surface area contributed by atoms with E-state index in [1.54, 1.807) is 18.2 Å². The number of hydrogen-bond donors (Lipinski definition) is 2. The number of ether oxygens (including phenoxy) is 1. The van der Waals surface area contributed by atoms with Crippen LogP contribution < -0.4 is 5.32 Å². The van der Waals surface area contributed by atoms with E-state index in [9.17, 15) is 5.11 Å². The highest BCUT2D eigenvalue weighted by Gasteiger charge is 2.39. The molecule has 0 bridgehead atoms. The van der Waals surface area contributed by atoms with Gasteiger partial charge in [0.2, 0.25) is 0 Å². The fourth-order valence-electron chi connectivity index (χ4n) is 1.84. The molecule has 90 valence electrons. The number of rotatable bonds is 3. The molecular formula is C12H15N3O2. The minimum Gasteiger partial charge on any atom is -0.385 e. The van der Waals surface area contributed by atoms with E-state index in [-0.39, 0.29) is 6.10 Å². The average molecular weight is 233 g/mol. The van der Waals surface area contributed by atoms with Crippen molar-refractivity contribution in [1.82, 2.24) is 4.98 Å². The zero-order valence-corrected chi connectivity index (χ0v) is 9.68. The molecule has 0 amide bonds. The highest BCUT2D eigenvalue weighted by molar-refractivity contribution is 5.38. The lowest BCUT2D eigenvalue weighted by molar-refractivity contribution is -0.0176. The van der Waals surface area contributed by atoms with E-state index >= 15 is 0 Å². The Morgan fingerprint density at radius 3 is 3.18 bits per heavy atom. The summed E-state index contributed by atoms with van der Waals surface area (Å²) in [5, 5.41) is 22.0. The van der Waals surface area contributed by atoms with Crippen LogP contribution in [0.25, 0.3) is 0 Å². The summed E-state index contributed by atoms with van der Waals surface area (Å²) in [7, 11) is 0. The molecule has 17 heavy (non-hydrogen) atoms. The fourth-order valence-corrected chi connectivity index (χ4v) is 1.84. The molecule has 0 radical (unpaired) electrons. The van der Waals surface area contributed by atoms with Crippen molar-refractivity contribution in [3.8, 4) is 6.07 Å². The number of hydrogen-bond acceptors (Lipinski definition) is 5. The Morgan fingerprint density at radius 1 is 1.71 bits per heavy atom. The first-order chi connectivity index (χ1) is 8.14. The van der Waals surface area contributed by atoms with Crippen LogP contribution in [0.15, 0.2) is 18.2 Å². The number of nitriles is 1. The van der Waals surface area contributed by atoms with E-state index in [1.165, 1.54) is 0 Å². The van der Waals surface area contributed by atoms with Crippen molar-refractivity contribution < 1.29 is 9.84 Å². The topological polar surface area (TPSA) is 78.2 Å². The molecule has 2 N–H and O–H groups in total. The Hall–Kier alpha value is -1.64. The van der Waals surface area contributed by atoms with Crippen LogP contribution in [0.5, 0.6) is 0 Å². The standard InChI is InChI=1S/C12H15N3O2/c1-9-12(16,5-6-17-9)8-14-11-4-2-3-10(7-13)15-11/h2-4,9,16H,5-6,8H2,1H3,(H,14,15). The maximum absolute atomic E-state index is 10.3. The summed E-state index contributed by atoms with van der Waals surface area (Å²) in [6.07, 6.45) is 0.424.